The second-order valence-corrected chi connectivity index (χ2v) is 7.02. The molecule has 1 heterocycles. The Hall–Kier alpha value is -0.450. The third kappa shape index (κ3) is 2.92. The van der Waals surface area contributed by atoms with Gasteiger partial charge in [-0.05, 0) is 75.7 Å². The zero-order valence-electron chi connectivity index (χ0n) is 10.8. The first-order valence-corrected chi connectivity index (χ1v) is 8.62. The van der Waals surface area contributed by atoms with Crippen molar-refractivity contribution in [1.82, 2.24) is 9.97 Å². The van der Waals surface area contributed by atoms with Crippen molar-refractivity contribution in [2.24, 2.45) is 0 Å². The molecule has 2 nitrogen and oxygen atoms in total. The predicted molar refractivity (Wildman–Crippen MR) is 89.1 cm³/mol. The maximum atomic E-state index is 6.37. The molecule has 0 N–H and O–H groups in total. The van der Waals surface area contributed by atoms with Crippen molar-refractivity contribution in [2.45, 2.75) is 32.1 Å². The third-order valence-corrected chi connectivity index (χ3v) is 5.75. The van der Waals surface area contributed by atoms with Crippen LogP contribution in [0.5, 0.6) is 0 Å². The summed E-state index contributed by atoms with van der Waals surface area (Å²) >= 11 is 13.4. The van der Waals surface area contributed by atoms with E-state index in [2.05, 4.69) is 36.8 Å². The van der Waals surface area contributed by atoms with Gasteiger partial charge in [0.25, 0.3) is 0 Å². The van der Waals surface area contributed by atoms with Crippen LogP contribution in [0.3, 0.4) is 0 Å². The maximum absolute atomic E-state index is 6.37. The summed E-state index contributed by atoms with van der Waals surface area (Å²) in [6.07, 6.45) is 5.61. The second-order valence-electron chi connectivity index (χ2n) is 4.95. The lowest BCUT2D eigenvalue weighted by molar-refractivity contribution is 0.709. The number of aromatic nitrogens is 2. The van der Waals surface area contributed by atoms with Crippen LogP contribution in [0, 0.1) is 0 Å². The van der Waals surface area contributed by atoms with E-state index in [1.807, 2.05) is 18.2 Å². The summed E-state index contributed by atoms with van der Waals surface area (Å²) in [5, 5.41) is 0.617. The fraction of sp³-hybridized carbons (Fsp3) is 0.333. The molecule has 2 aromatic rings. The summed E-state index contributed by atoms with van der Waals surface area (Å²) in [6, 6.07) is 6.00. The molecule has 104 valence electrons. The van der Waals surface area contributed by atoms with Gasteiger partial charge in [-0.2, -0.15) is 0 Å². The van der Waals surface area contributed by atoms with Crippen LogP contribution in [0.4, 0.5) is 0 Å². The highest BCUT2D eigenvalue weighted by Crippen LogP contribution is 2.31. The van der Waals surface area contributed by atoms with Gasteiger partial charge in [-0.15, -0.1) is 0 Å². The van der Waals surface area contributed by atoms with Crippen LogP contribution >= 0.6 is 43.5 Å². The SMILES string of the molecule is Clc1nc(-c2ccc(Br)c(Br)c2)nc2c1CCCCC2. The fourth-order valence-corrected chi connectivity index (χ4v) is 3.40. The van der Waals surface area contributed by atoms with Gasteiger partial charge < -0.3 is 0 Å². The molecule has 0 bridgehead atoms. The van der Waals surface area contributed by atoms with Crippen molar-refractivity contribution < 1.29 is 0 Å². The van der Waals surface area contributed by atoms with Crippen LogP contribution in [0.15, 0.2) is 27.1 Å². The molecule has 0 radical (unpaired) electrons. The lowest BCUT2D eigenvalue weighted by atomic mass is 10.1. The Bertz CT molecular complexity index is 659. The lowest BCUT2D eigenvalue weighted by Gasteiger charge is -2.10. The molecule has 1 aliphatic rings. The van der Waals surface area contributed by atoms with Crippen LogP contribution in [0.2, 0.25) is 5.15 Å². The van der Waals surface area contributed by atoms with Gasteiger partial charge in [0, 0.05) is 25.8 Å². The Labute approximate surface area is 140 Å². The van der Waals surface area contributed by atoms with Gasteiger partial charge in [-0.1, -0.05) is 18.0 Å². The van der Waals surface area contributed by atoms with Crippen LogP contribution in [0.25, 0.3) is 11.4 Å². The highest BCUT2D eigenvalue weighted by atomic mass is 79.9. The average molecular weight is 417 g/mol. The number of aryl methyl sites for hydroxylation is 1. The molecule has 20 heavy (non-hydrogen) atoms. The summed E-state index contributed by atoms with van der Waals surface area (Å²) < 4.78 is 2.01. The highest BCUT2D eigenvalue weighted by molar-refractivity contribution is 9.13. The minimum Gasteiger partial charge on any atom is -0.233 e. The van der Waals surface area contributed by atoms with E-state index >= 15 is 0 Å². The molecule has 1 aromatic heterocycles. The van der Waals surface area contributed by atoms with E-state index < -0.39 is 0 Å². The van der Waals surface area contributed by atoms with Crippen molar-refractivity contribution in [1.29, 1.82) is 0 Å². The first-order chi connectivity index (χ1) is 9.65. The summed E-state index contributed by atoms with van der Waals surface area (Å²) in [6.45, 7) is 0. The first kappa shape index (κ1) is 14.5. The molecule has 0 spiro atoms. The summed E-state index contributed by atoms with van der Waals surface area (Å²) in [5.41, 5.74) is 3.25. The number of hydrogen-bond donors (Lipinski definition) is 0. The van der Waals surface area contributed by atoms with Gasteiger partial charge in [0.1, 0.15) is 5.15 Å². The van der Waals surface area contributed by atoms with Gasteiger partial charge in [0.15, 0.2) is 5.82 Å². The van der Waals surface area contributed by atoms with Gasteiger partial charge in [-0.25, -0.2) is 9.97 Å². The molecule has 3 rings (SSSR count). The topological polar surface area (TPSA) is 25.8 Å². The number of fused-ring (bicyclic) bond motifs is 1. The van der Waals surface area contributed by atoms with E-state index in [4.69, 9.17) is 16.6 Å². The number of benzene rings is 1. The van der Waals surface area contributed by atoms with Crippen LogP contribution in [-0.2, 0) is 12.8 Å². The molecular formula is C15H13Br2ClN2. The van der Waals surface area contributed by atoms with E-state index in [9.17, 15) is 0 Å². The zero-order valence-corrected chi connectivity index (χ0v) is 14.7. The zero-order chi connectivity index (χ0) is 14.1. The molecule has 0 saturated carbocycles. The van der Waals surface area contributed by atoms with Crippen molar-refractivity contribution >= 4 is 43.5 Å². The van der Waals surface area contributed by atoms with Crippen LogP contribution in [-0.4, -0.2) is 9.97 Å². The van der Waals surface area contributed by atoms with Gasteiger partial charge in [0.05, 0.1) is 0 Å². The standard InChI is InChI=1S/C15H13Br2ClN2/c16-11-7-6-9(8-12(11)17)15-19-13-5-3-1-2-4-10(13)14(18)20-15/h6-8H,1-5H2. The second kappa shape index (κ2) is 6.12. The number of halogens is 3. The minimum atomic E-state index is 0.617. The lowest BCUT2D eigenvalue weighted by Crippen LogP contribution is -2.02. The molecule has 1 aliphatic carbocycles. The van der Waals surface area contributed by atoms with Crippen molar-refractivity contribution in [3.05, 3.63) is 43.6 Å². The average Bonchev–Trinajstić information content (AvgIpc) is 2.67. The van der Waals surface area contributed by atoms with E-state index in [1.165, 1.54) is 19.3 Å². The van der Waals surface area contributed by atoms with E-state index in [1.54, 1.807) is 0 Å². The smallest absolute Gasteiger partial charge is 0.161 e. The van der Waals surface area contributed by atoms with E-state index in [-0.39, 0.29) is 0 Å². The molecule has 0 amide bonds. The molecule has 0 fully saturated rings. The van der Waals surface area contributed by atoms with Crippen molar-refractivity contribution in [3.63, 3.8) is 0 Å². The summed E-state index contributed by atoms with van der Waals surface area (Å²) in [7, 11) is 0. The van der Waals surface area contributed by atoms with Crippen molar-refractivity contribution in [2.75, 3.05) is 0 Å². The number of hydrogen-bond acceptors (Lipinski definition) is 2. The quantitative estimate of drug-likeness (QED) is 0.447. The van der Waals surface area contributed by atoms with Crippen LogP contribution < -0.4 is 0 Å². The normalized spacial score (nSPS) is 14.8. The maximum Gasteiger partial charge on any atom is 0.161 e. The largest absolute Gasteiger partial charge is 0.233 e. The Balaban J connectivity index is 2.08. The molecule has 0 saturated heterocycles. The highest BCUT2D eigenvalue weighted by Gasteiger charge is 2.16. The molecular weight excluding hydrogens is 403 g/mol. The first-order valence-electron chi connectivity index (χ1n) is 6.66. The molecule has 0 aliphatic heterocycles. The summed E-state index contributed by atoms with van der Waals surface area (Å²) in [5.74, 6) is 0.712. The van der Waals surface area contributed by atoms with E-state index in [0.717, 1.165) is 38.6 Å². The Morgan fingerprint density at radius 3 is 2.55 bits per heavy atom. The van der Waals surface area contributed by atoms with Crippen LogP contribution in [0.1, 0.15) is 30.5 Å². The number of rotatable bonds is 1. The van der Waals surface area contributed by atoms with Gasteiger partial charge >= 0.3 is 0 Å². The molecule has 0 unspecified atom stereocenters. The Morgan fingerprint density at radius 2 is 1.75 bits per heavy atom. The van der Waals surface area contributed by atoms with Gasteiger partial charge in [-0.3, -0.25) is 0 Å². The Morgan fingerprint density at radius 1 is 0.950 bits per heavy atom. The molecule has 5 heteroatoms. The number of nitrogens with zero attached hydrogens (tertiary/aromatic N) is 2. The molecule has 1 aromatic carbocycles. The Kier molecular flexibility index (Phi) is 4.43. The summed E-state index contributed by atoms with van der Waals surface area (Å²) in [4.78, 5) is 9.23. The fourth-order valence-electron chi connectivity index (χ4n) is 2.49. The monoisotopic (exact) mass is 414 g/mol. The van der Waals surface area contributed by atoms with Crippen molar-refractivity contribution in [3.8, 4) is 11.4 Å². The predicted octanol–water partition coefficient (Wildman–Crippen LogP) is 5.59. The van der Waals surface area contributed by atoms with Gasteiger partial charge in [0.2, 0.25) is 0 Å². The molecule has 0 atom stereocenters. The van der Waals surface area contributed by atoms with E-state index in [0.29, 0.717) is 11.0 Å². The third-order valence-electron chi connectivity index (χ3n) is 3.56. The minimum absolute atomic E-state index is 0.617.